The third kappa shape index (κ3) is 3.85. The Balaban J connectivity index is 0.00000200. The third-order valence-corrected chi connectivity index (χ3v) is 3.67. The normalized spacial score (nSPS) is 10.2. The van der Waals surface area contributed by atoms with Crippen molar-refractivity contribution in [3.63, 3.8) is 0 Å². The van der Waals surface area contributed by atoms with Crippen LogP contribution >= 0.6 is 35.6 Å². The van der Waals surface area contributed by atoms with Gasteiger partial charge in [0, 0.05) is 11.1 Å². The molecule has 0 aliphatic carbocycles. The minimum atomic E-state index is 0. The second kappa shape index (κ2) is 8.46. The average molecular weight is 332 g/mol. The maximum absolute atomic E-state index is 6.11. The van der Waals surface area contributed by atoms with Crippen molar-refractivity contribution in [2.45, 2.75) is 32.1 Å². The number of hydrogen-bond acceptors (Lipinski definition) is 2. The molecule has 1 aromatic carbocycles. The third-order valence-electron chi connectivity index (χ3n) is 3.10. The van der Waals surface area contributed by atoms with E-state index in [0.717, 1.165) is 41.6 Å². The van der Waals surface area contributed by atoms with Crippen molar-refractivity contribution < 1.29 is 0 Å². The number of nitrogens with zero attached hydrogens (tertiary/aromatic N) is 2. The number of halogens is 3. The highest BCUT2D eigenvalue weighted by molar-refractivity contribution is 6.31. The van der Waals surface area contributed by atoms with Gasteiger partial charge in [-0.1, -0.05) is 55.3 Å². The summed E-state index contributed by atoms with van der Waals surface area (Å²) in [4.78, 5) is 0. The van der Waals surface area contributed by atoms with Crippen LogP contribution < -0.4 is 0 Å². The summed E-state index contributed by atoms with van der Waals surface area (Å²) in [6.45, 7) is 2.17. The Kier molecular flexibility index (Phi) is 7.28. The van der Waals surface area contributed by atoms with Crippen molar-refractivity contribution in [2.24, 2.45) is 0 Å². The molecule has 108 valence electrons. The monoisotopic (exact) mass is 330 g/mol. The van der Waals surface area contributed by atoms with E-state index in [1.54, 1.807) is 0 Å². The molecule has 0 fully saturated rings. The van der Waals surface area contributed by atoms with Crippen molar-refractivity contribution in [1.82, 2.24) is 10.2 Å². The molecular formula is C15H17Cl3N2. The predicted molar refractivity (Wildman–Crippen MR) is 87.9 cm³/mol. The van der Waals surface area contributed by atoms with E-state index >= 15 is 0 Å². The van der Waals surface area contributed by atoms with E-state index in [1.165, 1.54) is 0 Å². The Hall–Kier alpha value is -0.830. The summed E-state index contributed by atoms with van der Waals surface area (Å²) in [5.74, 6) is 0.368. The summed E-state index contributed by atoms with van der Waals surface area (Å²) in [6.07, 6.45) is 3.14. The van der Waals surface area contributed by atoms with Crippen LogP contribution in [0.25, 0.3) is 11.3 Å². The van der Waals surface area contributed by atoms with Gasteiger partial charge in [0.1, 0.15) is 0 Å². The maximum atomic E-state index is 6.11. The maximum Gasteiger partial charge on any atom is 0.156 e. The highest BCUT2D eigenvalue weighted by atomic mass is 35.5. The number of unbranched alkanes of at least 4 members (excludes halogenated alkanes) is 1. The molecule has 0 atom stereocenters. The van der Waals surface area contributed by atoms with Crippen molar-refractivity contribution in [3.05, 3.63) is 46.6 Å². The fraction of sp³-hybridized carbons (Fsp3) is 0.333. The lowest BCUT2D eigenvalue weighted by Gasteiger charge is -2.13. The van der Waals surface area contributed by atoms with E-state index in [4.69, 9.17) is 23.2 Å². The first-order valence-electron chi connectivity index (χ1n) is 6.43. The number of hydrogen-bond donors (Lipinski definition) is 0. The molecule has 0 unspecified atom stereocenters. The highest BCUT2D eigenvalue weighted by Gasteiger charge is 2.15. The van der Waals surface area contributed by atoms with Gasteiger partial charge in [-0.3, -0.25) is 0 Å². The van der Waals surface area contributed by atoms with Gasteiger partial charge in [0.15, 0.2) is 5.15 Å². The van der Waals surface area contributed by atoms with Gasteiger partial charge < -0.3 is 0 Å². The van der Waals surface area contributed by atoms with Crippen LogP contribution in [0.2, 0.25) is 5.15 Å². The molecule has 0 aliphatic rings. The lowest BCUT2D eigenvalue weighted by molar-refractivity contribution is 0.783. The van der Waals surface area contributed by atoms with E-state index in [-0.39, 0.29) is 12.4 Å². The molecule has 2 aromatic rings. The van der Waals surface area contributed by atoms with E-state index in [0.29, 0.717) is 11.0 Å². The first-order valence-corrected chi connectivity index (χ1v) is 7.34. The summed E-state index contributed by atoms with van der Waals surface area (Å²) in [5, 5.41) is 8.71. The zero-order chi connectivity index (χ0) is 13.7. The summed E-state index contributed by atoms with van der Waals surface area (Å²) >= 11 is 12.1. The fourth-order valence-electron chi connectivity index (χ4n) is 2.07. The summed E-state index contributed by atoms with van der Waals surface area (Å²) in [7, 11) is 0. The Bertz CT molecular complexity index is 544. The Labute approximate surface area is 135 Å². The van der Waals surface area contributed by atoms with Gasteiger partial charge in [0.25, 0.3) is 0 Å². The van der Waals surface area contributed by atoms with Crippen LogP contribution in [0.5, 0.6) is 0 Å². The van der Waals surface area contributed by atoms with Crippen molar-refractivity contribution in [2.75, 3.05) is 0 Å². The number of rotatable bonds is 5. The van der Waals surface area contributed by atoms with Gasteiger partial charge in [-0.05, 0) is 18.4 Å². The quantitative estimate of drug-likeness (QED) is 0.695. The molecule has 0 aliphatic heterocycles. The molecule has 0 bridgehead atoms. The molecule has 5 heteroatoms. The first kappa shape index (κ1) is 17.2. The average Bonchev–Trinajstić information content (AvgIpc) is 2.46. The van der Waals surface area contributed by atoms with Crippen LogP contribution in [-0.2, 0) is 12.3 Å². The number of alkyl halides is 1. The SMILES string of the molecule is CCCCc1c(-c2ccccc2)nnc(Cl)c1CCl.Cl. The van der Waals surface area contributed by atoms with Crippen LogP contribution in [-0.4, -0.2) is 10.2 Å². The predicted octanol–water partition coefficient (Wildman–Crippen LogP) is 5.30. The Morgan fingerprint density at radius 1 is 1.05 bits per heavy atom. The molecule has 0 radical (unpaired) electrons. The van der Waals surface area contributed by atoms with Crippen LogP contribution in [0, 0.1) is 0 Å². The Morgan fingerprint density at radius 3 is 2.35 bits per heavy atom. The zero-order valence-electron chi connectivity index (χ0n) is 11.3. The van der Waals surface area contributed by atoms with Crippen molar-refractivity contribution in [3.8, 4) is 11.3 Å². The molecule has 2 nitrogen and oxygen atoms in total. The molecule has 0 N–H and O–H groups in total. The smallest absolute Gasteiger partial charge is 0.149 e. The van der Waals surface area contributed by atoms with Gasteiger partial charge >= 0.3 is 0 Å². The first-order chi connectivity index (χ1) is 9.27. The molecule has 1 heterocycles. The van der Waals surface area contributed by atoms with Crippen molar-refractivity contribution in [1.29, 1.82) is 0 Å². The zero-order valence-corrected chi connectivity index (χ0v) is 13.6. The highest BCUT2D eigenvalue weighted by Crippen LogP contribution is 2.29. The summed E-state index contributed by atoms with van der Waals surface area (Å²) < 4.78 is 0. The van der Waals surface area contributed by atoms with Gasteiger partial charge in [-0.15, -0.1) is 34.2 Å². The molecular weight excluding hydrogens is 315 g/mol. The van der Waals surface area contributed by atoms with Crippen LogP contribution in [0.3, 0.4) is 0 Å². The standard InChI is InChI=1S/C15H16Cl2N2.ClH/c1-2-3-9-12-13(10-16)15(17)19-18-14(12)11-7-5-4-6-8-11;/h4-8H,2-3,9-10H2,1H3;1H. The molecule has 0 amide bonds. The molecule has 0 saturated heterocycles. The molecule has 2 rings (SSSR count). The van der Waals surface area contributed by atoms with E-state index in [9.17, 15) is 0 Å². The number of aromatic nitrogens is 2. The second-order valence-corrected chi connectivity index (χ2v) is 5.03. The van der Waals surface area contributed by atoms with Gasteiger partial charge in [-0.25, -0.2) is 0 Å². The topological polar surface area (TPSA) is 25.8 Å². The summed E-state index contributed by atoms with van der Waals surface area (Å²) in [5.41, 5.74) is 3.99. The minimum absolute atomic E-state index is 0. The van der Waals surface area contributed by atoms with E-state index < -0.39 is 0 Å². The number of benzene rings is 1. The molecule has 0 spiro atoms. The van der Waals surface area contributed by atoms with E-state index in [2.05, 4.69) is 17.1 Å². The Morgan fingerprint density at radius 2 is 1.75 bits per heavy atom. The molecule has 0 saturated carbocycles. The van der Waals surface area contributed by atoms with E-state index in [1.807, 2.05) is 30.3 Å². The second-order valence-electron chi connectivity index (χ2n) is 4.40. The molecule has 20 heavy (non-hydrogen) atoms. The largest absolute Gasteiger partial charge is 0.156 e. The lowest BCUT2D eigenvalue weighted by Crippen LogP contribution is -2.03. The van der Waals surface area contributed by atoms with Gasteiger partial charge in [0.05, 0.1) is 11.6 Å². The van der Waals surface area contributed by atoms with Gasteiger partial charge in [0.2, 0.25) is 0 Å². The van der Waals surface area contributed by atoms with Crippen molar-refractivity contribution >= 4 is 35.6 Å². The summed E-state index contributed by atoms with van der Waals surface area (Å²) in [6, 6.07) is 10.0. The fourth-order valence-corrected chi connectivity index (χ4v) is 2.64. The molecule has 1 aromatic heterocycles. The lowest BCUT2D eigenvalue weighted by atomic mass is 9.98. The van der Waals surface area contributed by atoms with Crippen LogP contribution in [0.15, 0.2) is 30.3 Å². The van der Waals surface area contributed by atoms with Crippen LogP contribution in [0.1, 0.15) is 30.9 Å². The van der Waals surface area contributed by atoms with Gasteiger partial charge in [-0.2, -0.15) is 0 Å². The van der Waals surface area contributed by atoms with Crippen LogP contribution in [0.4, 0.5) is 0 Å². The minimum Gasteiger partial charge on any atom is -0.149 e.